The fourth-order valence-electron chi connectivity index (χ4n) is 1.99. The highest BCUT2D eigenvalue weighted by molar-refractivity contribution is 5.87. The molecule has 0 atom stereocenters. The number of aromatic carboxylic acids is 1. The van der Waals surface area contributed by atoms with Crippen molar-refractivity contribution in [2.45, 2.75) is 46.0 Å². The van der Waals surface area contributed by atoms with Gasteiger partial charge in [0, 0.05) is 0 Å². The predicted molar refractivity (Wildman–Crippen MR) is 66.1 cm³/mol. The molecule has 0 heterocycles. The zero-order valence-electron chi connectivity index (χ0n) is 10.3. The Morgan fingerprint density at radius 2 is 1.94 bits per heavy atom. The fraction of sp³-hybridized carbons (Fsp3) is 0.500. The maximum atomic E-state index is 10.7. The molecule has 1 aliphatic carbocycles. The van der Waals surface area contributed by atoms with Crippen molar-refractivity contribution in [3.8, 4) is 0 Å². The average Bonchev–Trinajstić information content (AvgIpc) is 2.21. The Kier molecular flexibility index (Phi) is 4.53. The van der Waals surface area contributed by atoms with Gasteiger partial charge in [0.25, 0.3) is 0 Å². The Balaban J connectivity index is 0.000000606. The third kappa shape index (κ3) is 2.63. The van der Waals surface area contributed by atoms with E-state index in [1.54, 1.807) is 12.1 Å². The van der Waals surface area contributed by atoms with E-state index in [9.17, 15) is 4.79 Å². The highest BCUT2D eigenvalue weighted by Crippen LogP contribution is 2.37. The molecule has 16 heavy (non-hydrogen) atoms. The molecule has 0 spiro atoms. The molecule has 2 heteroatoms. The van der Waals surface area contributed by atoms with E-state index in [-0.39, 0.29) is 0 Å². The summed E-state index contributed by atoms with van der Waals surface area (Å²) in [5, 5.41) is 8.81. The maximum Gasteiger partial charge on any atom is 0.335 e. The zero-order chi connectivity index (χ0) is 12.1. The van der Waals surface area contributed by atoms with Gasteiger partial charge in [-0.2, -0.15) is 0 Å². The quantitative estimate of drug-likeness (QED) is 0.818. The first-order valence-electron chi connectivity index (χ1n) is 6.02. The van der Waals surface area contributed by atoms with Crippen LogP contribution >= 0.6 is 0 Å². The molecule has 2 rings (SSSR count). The van der Waals surface area contributed by atoms with E-state index in [0.29, 0.717) is 11.5 Å². The Labute approximate surface area is 97.3 Å². The van der Waals surface area contributed by atoms with Crippen molar-refractivity contribution in [3.05, 3.63) is 34.9 Å². The largest absolute Gasteiger partial charge is 0.478 e. The van der Waals surface area contributed by atoms with Crippen molar-refractivity contribution >= 4 is 5.97 Å². The van der Waals surface area contributed by atoms with Gasteiger partial charge >= 0.3 is 5.97 Å². The first-order chi connectivity index (χ1) is 7.68. The minimum absolute atomic E-state index is 0.394. The third-order valence-corrected chi connectivity index (χ3v) is 3.06. The second-order valence-electron chi connectivity index (χ2n) is 4.00. The molecule has 0 radical (unpaired) electrons. The van der Waals surface area contributed by atoms with E-state index < -0.39 is 5.97 Å². The van der Waals surface area contributed by atoms with Crippen LogP contribution in [0.2, 0.25) is 0 Å². The molecule has 1 fully saturated rings. The monoisotopic (exact) mass is 220 g/mol. The van der Waals surface area contributed by atoms with Crippen LogP contribution in [0.5, 0.6) is 0 Å². The Hall–Kier alpha value is -1.31. The number of aryl methyl sites for hydroxylation is 1. The van der Waals surface area contributed by atoms with Crippen LogP contribution in [0.1, 0.15) is 60.5 Å². The topological polar surface area (TPSA) is 37.3 Å². The van der Waals surface area contributed by atoms with Crippen LogP contribution in [-0.4, -0.2) is 11.1 Å². The van der Waals surface area contributed by atoms with Gasteiger partial charge in [-0.25, -0.2) is 4.79 Å². The van der Waals surface area contributed by atoms with Gasteiger partial charge in [-0.05, 0) is 48.9 Å². The van der Waals surface area contributed by atoms with Crippen LogP contribution in [0, 0.1) is 6.92 Å². The lowest BCUT2D eigenvalue weighted by Crippen LogP contribution is -2.10. The van der Waals surface area contributed by atoms with E-state index in [1.807, 2.05) is 26.8 Å². The van der Waals surface area contributed by atoms with Gasteiger partial charge < -0.3 is 5.11 Å². The summed E-state index contributed by atoms with van der Waals surface area (Å²) >= 11 is 0. The molecule has 0 aromatic heterocycles. The summed E-state index contributed by atoms with van der Waals surface area (Å²) in [5.41, 5.74) is 2.85. The Bertz CT molecular complexity index is 365. The minimum Gasteiger partial charge on any atom is -0.478 e. The van der Waals surface area contributed by atoms with E-state index in [1.165, 1.54) is 24.8 Å². The summed E-state index contributed by atoms with van der Waals surface area (Å²) in [6.07, 6.45) is 3.82. The lowest BCUT2D eigenvalue weighted by Gasteiger charge is -2.27. The molecule has 0 amide bonds. The van der Waals surface area contributed by atoms with Crippen LogP contribution in [0.4, 0.5) is 0 Å². The van der Waals surface area contributed by atoms with Crippen LogP contribution < -0.4 is 0 Å². The van der Waals surface area contributed by atoms with Crippen molar-refractivity contribution in [2.75, 3.05) is 0 Å². The Morgan fingerprint density at radius 3 is 2.31 bits per heavy atom. The molecule has 0 unspecified atom stereocenters. The fourth-order valence-corrected chi connectivity index (χ4v) is 1.99. The highest BCUT2D eigenvalue weighted by atomic mass is 16.4. The normalized spacial score (nSPS) is 14.7. The molecule has 1 aromatic carbocycles. The van der Waals surface area contributed by atoms with Crippen molar-refractivity contribution in [1.82, 2.24) is 0 Å². The second kappa shape index (κ2) is 5.69. The number of carbonyl (C=O) groups is 1. The smallest absolute Gasteiger partial charge is 0.335 e. The third-order valence-electron chi connectivity index (χ3n) is 3.06. The van der Waals surface area contributed by atoms with E-state index in [0.717, 1.165) is 5.56 Å². The maximum absolute atomic E-state index is 10.7. The standard InChI is InChI=1S/C12H14O2.C2H6/c1-8-7-10(12(13)14)5-6-11(8)9-3-2-4-9;1-2/h5-7,9H,2-4H2,1H3,(H,13,14);1-2H3. The molecule has 1 aromatic rings. The average molecular weight is 220 g/mol. The SMILES string of the molecule is CC.Cc1cc(C(=O)O)ccc1C1CCC1. The molecule has 1 saturated carbocycles. The number of carboxylic acid groups (broad SMARTS) is 1. The van der Waals surface area contributed by atoms with Gasteiger partial charge in [-0.15, -0.1) is 0 Å². The van der Waals surface area contributed by atoms with Crippen LogP contribution in [-0.2, 0) is 0 Å². The Morgan fingerprint density at radius 1 is 1.31 bits per heavy atom. The van der Waals surface area contributed by atoms with Gasteiger partial charge in [-0.1, -0.05) is 26.3 Å². The lowest BCUT2D eigenvalue weighted by atomic mass is 9.78. The van der Waals surface area contributed by atoms with Gasteiger partial charge in [0.2, 0.25) is 0 Å². The van der Waals surface area contributed by atoms with E-state index in [2.05, 4.69) is 0 Å². The van der Waals surface area contributed by atoms with Crippen LogP contribution in [0.15, 0.2) is 18.2 Å². The number of hydrogen-bond donors (Lipinski definition) is 1. The molecular weight excluding hydrogens is 200 g/mol. The molecule has 88 valence electrons. The van der Waals surface area contributed by atoms with E-state index >= 15 is 0 Å². The zero-order valence-corrected chi connectivity index (χ0v) is 10.3. The number of rotatable bonds is 2. The van der Waals surface area contributed by atoms with E-state index in [4.69, 9.17) is 5.11 Å². The summed E-state index contributed by atoms with van der Waals surface area (Å²) in [5.74, 6) is -0.161. The van der Waals surface area contributed by atoms with Crippen LogP contribution in [0.25, 0.3) is 0 Å². The van der Waals surface area contributed by atoms with Gasteiger partial charge in [0.05, 0.1) is 5.56 Å². The first-order valence-corrected chi connectivity index (χ1v) is 6.02. The molecule has 0 bridgehead atoms. The summed E-state index contributed by atoms with van der Waals surface area (Å²) in [6.45, 7) is 6.00. The van der Waals surface area contributed by atoms with Crippen molar-refractivity contribution in [2.24, 2.45) is 0 Å². The summed E-state index contributed by atoms with van der Waals surface area (Å²) in [7, 11) is 0. The molecule has 0 saturated heterocycles. The van der Waals surface area contributed by atoms with Gasteiger partial charge in [0.15, 0.2) is 0 Å². The molecule has 1 aliphatic rings. The molecule has 0 aliphatic heterocycles. The second-order valence-corrected chi connectivity index (χ2v) is 4.00. The number of benzene rings is 1. The van der Waals surface area contributed by atoms with Crippen LogP contribution in [0.3, 0.4) is 0 Å². The number of carboxylic acids is 1. The molecule has 1 N–H and O–H groups in total. The highest BCUT2D eigenvalue weighted by Gasteiger charge is 2.21. The van der Waals surface area contributed by atoms with Crippen molar-refractivity contribution in [3.63, 3.8) is 0 Å². The van der Waals surface area contributed by atoms with Crippen molar-refractivity contribution < 1.29 is 9.90 Å². The van der Waals surface area contributed by atoms with Gasteiger partial charge in [-0.3, -0.25) is 0 Å². The summed E-state index contributed by atoms with van der Waals surface area (Å²) < 4.78 is 0. The number of hydrogen-bond acceptors (Lipinski definition) is 1. The molecule has 2 nitrogen and oxygen atoms in total. The van der Waals surface area contributed by atoms with Crippen molar-refractivity contribution in [1.29, 1.82) is 0 Å². The predicted octanol–water partition coefficient (Wildman–Crippen LogP) is 3.99. The minimum atomic E-state index is -0.840. The summed E-state index contributed by atoms with van der Waals surface area (Å²) in [6, 6.07) is 5.46. The summed E-state index contributed by atoms with van der Waals surface area (Å²) in [4.78, 5) is 10.7. The lowest BCUT2D eigenvalue weighted by molar-refractivity contribution is 0.0696. The molecular formula is C14H20O2. The van der Waals surface area contributed by atoms with Gasteiger partial charge in [0.1, 0.15) is 0 Å². The first kappa shape index (κ1) is 12.8.